The third-order valence-electron chi connectivity index (χ3n) is 3.97. The number of aromatic nitrogens is 1. The van der Waals surface area contributed by atoms with E-state index in [9.17, 15) is 13.2 Å². The highest BCUT2D eigenvalue weighted by Crippen LogP contribution is 2.27. The van der Waals surface area contributed by atoms with Gasteiger partial charge < -0.3 is 9.84 Å². The van der Waals surface area contributed by atoms with E-state index >= 15 is 0 Å². The maximum Gasteiger partial charge on any atom is 0.335 e. The van der Waals surface area contributed by atoms with Gasteiger partial charge in [0.2, 0.25) is 0 Å². The Morgan fingerprint density at radius 1 is 1.07 bits per heavy atom. The molecule has 0 atom stereocenters. The van der Waals surface area contributed by atoms with Crippen molar-refractivity contribution in [3.63, 3.8) is 0 Å². The van der Waals surface area contributed by atoms with Gasteiger partial charge in [0.05, 0.1) is 18.4 Å². The molecule has 0 radical (unpaired) electrons. The summed E-state index contributed by atoms with van der Waals surface area (Å²) in [7, 11) is -2.75. The smallest absolute Gasteiger partial charge is 0.335 e. The zero-order chi connectivity index (χ0) is 20.9. The lowest BCUT2D eigenvalue weighted by molar-refractivity contribution is 0.0696. The molecule has 1 heterocycles. The number of nitrogens with one attached hydrogen (secondary N) is 1. The number of benzene rings is 2. The third-order valence-corrected chi connectivity index (χ3v) is 5.38. The Labute approximate surface area is 168 Å². The minimum absolute atomic E-state index is 0.0497. The molecule has 0 aliphatic carbocycles. The van der Waals surface area contributed by atoms with Gasteiger partial charge in [-0.1, -0.05) is 24.3 Å². The van der Waals surface area contributed by atoms with E-state index in [1.807, 2.05) is 36.4 Å². The first-order valence-electron chi connectivity index (χ1n) is 8.52. The van der Waals surface area contributed by atoms with Crippen molar-refractivity contribution in [2.45, 2.75) is 4.90 Å². The summed E-state index contributed by atoms with van der Waals surface area (Å²) in [5.74, 6) is -1.18. The lowest BCUT2D eigenvalue weighted by Crippen LogP contribution is -2.15. The van der Waals surface area contributed by atoms with Crippen LogP contribution in [0.25, 0.3) is 12.2 Å². The maximum absolute atomic E-state index is 12.8. The largest absolute Gasteiger partial charge is 0.495 e. The Hall–Kier alpha value is -3.65. The van der Waals surface area contributed by atoms with Gasteiger partial charge in [-0.15, -0.1) is 0 Å². The van der Waals surface area contributed by atoms with Crippen molar-refractivity contribution in [3.8, 4) is 5.75 Å². The first-order valence-corrected chi connectivity index (χ1v) is 10.0. The van der Waals surface area contributed by atoms with Gasteiger partial charge in [0.1, 0.15) is 10.6 Å². The maximum atomic E-state index is 12.8. The Morgan fingerprint density at radius 3 is 2.59 bits per heavy atom. The number of hydrogen-bond donors (Lipinski definition) is 2. The van der Waals surface area contributed by atoms with Crippen molar-refractivity contribution >= 4 is 33.8 Å². The van der Waals surface area contributed by atoms with Crippen LogP contribution in [0, 0.1) is 0 Å². The van der Waals surface area contributed by atoms with Crippen LogP contribution in [0.3, 0.4) is 0 Å². The number of nitrogens with zero attached hydrogens (tertiary/aromatic N) is 1. The SMILES string of the molecule is COc1ccc(C(=O)O)cc1S(=O)(=O)Nc1cccc(C=Cc2ccccn2)c1. The summed E-state index contributed by atoms with van der Waals surface area (Å²) in [6, 6.07) is 16.0. The summed E-state index contributed by atoms with van der Waals surface area (Å²) in [5.41, 5.74) is 1.71. The highest BCUT2D eigenvalue weighted by molar-refractivity contribution is 7.92. The Bertz CT molecular complexity index is 1160. The molecule has 1 aromatic heterocycles. The van der Waals surface area contributed by atoms with E-state index in [-0.39, 0.29) is 16.2 Å². The van der Waals surface area contributed by atoms with Crippen molar-refractivity contribution in [3.05, 3.63) is 83.7 Å². The van der Waals surface area contributed by atoms with Crippen molar-refractivity contribution < 1.29 is 23.1 Å². The quantitative estimate of drug-likeness (QED) is 0.614. The fraction of sp³-hybridized carbons (Fsp3) is 0.0476. The van der Waals surface area contributed by atoms with Crippen LogP contribution in [-0.2, 0) is 10.0 Å². The molecule has 0 amide bonds. The van der Waals surface area contributed by atoms with Gasteiger partial charge in [-0.2, -0.15) is 0 Å². The van der Waals surface area contributed by atoms with Gasteiger partial charge in [0, 0.05) is 11.9 Å². The second kappa shape index (κ2) is 8.57. The van der Waals surface area contributed by atoms with Crippen LogP contribution in [0.2, 0.25) is 0 Å². The molecule has 0 aliphatic rings. The van der Waals surface area contributed by atoms with Crippen molar-refractivity contribution in [1.82, 2.24) is 4.98 Å². The second-order valence-electron chi connectivity index (χ2n) is 5.99. The predicted molar refractivity (Wildman–Crippen MR) is 110 cm³/mol. The molecule has 2 N–H and O–H groups in total. The average Bonchev–Trinajstić information content (AvgIpc) is 2.72. The average molecular weight is 410 g/mol. The molecule has 148 valence electrons. The molecular formula is C21H18N2O5S. The van der Waals surface area contributed by atoms with Crippen molar-refractivity contribution in [2.24, 2.45) is 0 Å². The van der Waals surface area contributed by atoms with E-state index in [0.29, 0.717) is 5.69 Å². The highest BCUT2D eigenvalue weighted by atomic mass is 32.2. The molecule has 8 heteroatoms. The van der Waals surface area contributed by atoms with Gasteiger partial charge in [0.15, 0.2) is 0 Å². The fourth-order valence-corrected chi connectivity index (χ4v) is 3.84. The molecule has 2 aromatic carbocycles. The van der Waals surface area contributed by atoms with E-state index < -0.39 is 16.0 Å². The van der Waals surface area contributed by atoms with Crippen LogP contribution in [0.15, 0.2) is 71.8 Å². The number of ether oxygens (including phenoxy) is 1. The zero-order valence-corrected chi connectivity index (χ0v) is 16.3. The third kappa shape index (κ3) is 4.99. The van der Waals surface area contributed by atoms with E-state index in [0.717, 1.165) is 17.3 Å². The number of carboxylic acids is 1. The number of rotatable bonds is 7. The number of sulfonamides is 1. The van der Waals surface area contributed by atoms with Gasteiger partial charge >= 0.3 is 5.97 Å². The molecule has 0 saturated carbocycles. The Balaban J connectivity index is 1.89. The number of aromatic carboxylic acids is 1. The number of pyridine rings is 1. The van der Waals surface area contributed by atoms with Gasteiger partial charge in [-0.05, 0) is 54.1 Å². The summed E-state index contributed by atoms with van der Waals surface area (Å²) in [5, 5.41) is 9.15. The van der Waals surface area contributed by atoms with Crippen LogP contribution < -0.4 is 9.46 Å². The lowest BCUT2D eigenvalue weighted by atomic mass is 10.2. The molecule has 3 rings (SSSR count). The number of carboxylic acid groups (broad SMARTS) is 1. The first kappa shape index (κ1) is 20.1. The summed E-state index contributed by atoms with van der Waals surface area (Å²) in [6.45, 7) is 0. The molecule has 0 unspecified atom stereocenters. The van der Waals surface area contributed by atoms with Crippen LogP contribution >= 0.6 is 0 Å². The first-order chi connectivity index (χ1) is 13.9. The summed E-state index contributed by atoms with van der Waals surface area (Å²) < 4.78 is 33.2. The number of hydrogen-bond acceptors (Lipinski definition) is 5. The predicted octanol–water partition coefficient (Wildman–Crippen LogP) is 3.76. The van der Waals surface area contributed by atoms with E-state index in [1.165, 1.54) is 19.2 Å². The summed E-state index contributed by atoms with van der Waals surface area (Å²) >= 11 is 0. The minimum atomic E-state index is -4.07. The Kier molecular flexibility index (Phi) is 5.94. The highest BCUT2D eigenvalue weighted by Gasteiger charge is 2.22. The molecular weight excluding hydrogens is 392 g/mol. The van der Waals surface area contributed by atoms with Crippen molar-refractivity contribution in [2.75, 3.05) is 11.8 Å². The molecule has 7 nitrogen and oxygen atoms in total. The normalized spacial score (nSPS) is 11.3. The van der Waals surface area contributed by atoms with Crippen LogP contribution in [0.5, 0.6) is 5.75 Å². The molecule has 0 fully saturated rings. The number of anilines is 1. The van der Waals surface area contributed by atoms with Crippen LogP contribution in [0.1, 0.15) is 21.6 Å². The van der Waals surface area contributed by atoms with E-state index in [1.54, 1.807) is 24.4 Å². The van der Waals surface area contributed by atoms with Gasteiger partial charge in [0.25, 0.3) is 10.0 Å². The second-order valence-corrected chi connectivity index (χ2v) is 7.64. The molecule has 0 aliphatic heterocycles. The molecule has 0 spiro atoms. The zero-order valence-electron chi connectivity index (χ0n) is 15.4. The summed E-state index contributed by atoms with van der Waals surface area (Å²) in [4.78, 5) is 15.1. The topological polar surface area (TPSA) is 106 Å². The lowest BCUT2D eigenvalue weighted by Gasteiger charge is -2.12. The van der Waals surface area contributed by atoms with Gasteiger partial charge in [-0.25, -0.2) is 13.2 Å². The summed E-state index contributed by atoms with van der Waals surface area (Å²) in [6.07, 6.45) is 5.31. The Morgan fingerprint density at radius 2 is 1.90 bits per heavy atom. The number of carbonyl (C=O) groups is 1. The molecule has 29 heavy (non-hydrogen) atoms. The van der Waals surface area contributed by atoms with Crippen LogP contribution in [-0.4, -0.2) is 31.6 Å². The molecule has 3 aromatic rings. The molecule has 0 saturated heterocycles. The fourth-order valence-electron chi connectivity index (χ4n) is 2.59. The van der Waals surface area contributed by atoms with Crippen molar-refractivity contribution in [1.29, 1.82) is 0 Å². The van der Waals surface area contributed by atoms with Crippen LogP contribution in [0.4, 0.5) is 5.69 Å². The molecule has 0 bridgehead atoms. The minimum Gasteiger partial charge on any atom is -0.495 e. The van der Waals surface area contributed by atoms with E-state index in [2.05, 4.69) is 9.71 Å². The van der Waals surface area contributed by atoms with E-state index in [4.69, 9.17) is 9.84 Å². The van der Waals surface area contributed by atoms with Gasteiger partial charge in [-0.3, -0.25) is 9.71 Å². The number of methoxy groups -OCH3 is 1. The monoisotopic (exact) mass is 410 g/mol. The standard InChI is InChI=1S/C21H18N2O5S/c1-28-19-11-9-16(21(24)25)14-20(19)29(26,27)23-18-7-4-5-15(13-18)8-10-17-6-2-3-12-22-17/h2-14,23H,1H3,(H,24,25).